The third kappa shape index (κ3) is 5.42. The third-order valence-corrected chi connectivity index (χ3v) is 9.41. The molecule has 0 spiro atoms. The maximum atomic E-state index is 12.2. The average molecular weight is 692 g/mol. The van der Waals surface area contributed by atoms with Crippen LogP contribution in [0.15, 0.2) is 22.2 Å². The van der Waals surface area contributed by atoms with Crippen LogP contribution in [-0.4, -0.2) is 119 Å². The number of aromatic nitrogens is 8. The molecule has 0 aromatic carbocycles. The van der Waals surface area contributed by atoms with Gasteiger partial charge < -0.3 is 31.2 Å². The number of aliphatic hydroxyl groups is 2. The molecule has 24 nitrogen and oxygen atoms in total. The second-order valence-electron chi connectivity index (χ2n) is 10.4. The zero-order valence-corrected chi connectivity index (χ0v) is 24.7. The van der Waals surface area contributed by atoms with Crippen molar-refractivity contribution in [2.24, 2.45) is 0 Å². The lowest BCUT2D eigenvalue weighted by molar-refractivity contribution is -0.0747. The van der Waals surface area contributed by atoms with E-state index < -0.39 is 89.8 Å². The molecule has 0 bridgehead atoms. The van der Waals surface area contributed by atoms with E-state index in [1.54, 1.807) is 0 Å². The van der Waals surface area contributed by atoms with Crippen LogP contribution in [0.25, 0.3) is 22.3 Å². The number of nitrogens with one attached hydrogen (secondary N) is 2. The van der Waals surface area contributed by atoms with Gasteiger partial charge in [0.2, 0.25) is 11.9 Å². The van der Waals surface area contributed by atoms with Crippen molar-refractivity contribution in [3.05, 3.63) is 33.4 Å². The zero-order chi connectivity index (χ0) is 32.7. The number of rotatable bonds is 2. The molecule has 3 saturated heterocycles. The van der Waals surface area contributed by atoms with E-state index in [0.29, 0.717) is 0 Å². The Morgan fingerprint density at radius 3 is 1.52 bits per heavy atom. The fraction of sp³-hybridized carbons (Fsp3) is 0.500. The fourth-order valence-electron chi connectivity index (χ4n) is 5.41. The number of anilines is 2. The van der Waals surface area contributed by atoms with Crippen LogP contribution in [0.4, 0.5) is 11.9 Å². The smallest absolute Gasteiger partial charge is 0.385 e. The van der Waals surface area contributed by atoms with Gasteiger partial charge in [-0.2, -0.15) is 38.6 Å². The van der Waals surface area contributed by atoms with Gasteiger partial charge in [-0.1, -0.05) is 0 Å². The van der Waals surface area contributed by atoms with Gasteiger partial charge in [0, 0.05) is 0 Å². The van der Waals surface area contributed by atoms with Gasteiger partial charge in [0.25, 0.3) is 11.1 Å². The summed E-state index contributed by atoms with van der Waals surface area (Å²) in [5.41, 5.74) is 9.45. The first-order chi connectivity index (χ1) is 21.7. The van der Waals surface area contributed by atoms with Crippen LogP contribution < -0.4 is 22.6 Å². The number of nitrogen functional groups attached to an aromatic ring is 2. The minimum Gasteiger partial charge on any atom is -0.385 e. The molecule has 7 heterocycles. The lowest BCUT2D eigenvalue weighted by atomic mass is 10.1. The molecule has 0 aliphatic carbocycles. The number of H-pyrrole nitrogens is 2. The summed E-state index contributed by atoms with van der Waals surface area (Å²) >= 11 is 0. The summed E-state index contributed by atoms with van der Waals surface area (Å²) in [6.07, 6.45) is -10.3. The van der Waals surface area contributed by atoms with Crippen molar-refractivity contribution in [3.8, 4) is 0 Å². The number of fused-ring (bicyclic) bond motifs is 4. The highest BCUT2D eigenvalue weighted by Crippen LogP contribution is 2.60. The fourth-order valence-corrected chi connectivity index (χ4v) is 7.36. The molecule has 0 radical (unpaired) electrons. The lowest BCUT2D eigenvalue weighted by Gasteiger charge is -2.24. The normalized spacial score (nSPS) is 33.0. The highest BCUT2D eigenvalue weighted by molar-refractivity contribution is 7.54. The predicted molar refractivity (Wildman–Crippen MR) is 149 cm³/mol. The zero-order valence-electron chi connectivity index (χ0n) is 22.9. The number of imidazole rings is 2. The van der Waals surface area contributed by atoms with Gasteiger partial charge >= 0.3 is 16.3 Å². The van der Waals surface area contributed by atoms with Crippen LogP contribution in [0.1, 0.15) is 12.5 Å². The Bertz CT molecular complexity index is 1780. The summed E-state index contributed by atoms with van der Waals surface area (Å²) in [4.78, 5) is 87.8. The van der Waals surface area contributed by atoms with E-state index in [-0.39, 0.29) is 34.2 Å². The minimum atomic E-state index is -4.83. The number of nitrogens with two attached hydrogens (primary N) is 2. The van der Waals surface area contributed by atoms with Crippen molar-refractivity contribution in [2.75, 3.05) is 24.7 Å². The monoisotopic (exact) mass is 692 g/mol. The Labute approximate surface area is 254 Å². The standard InChI is InChI=1S/C20H24N10O14P2/c21-19-25-13-7(15(33)27-19)23-3-29(13)17-9(31)11-5(41-17)1-39-45(35,36)44-12-6(2-40-46(37,38)43-11)42-18(10(12)32)30-4-24-8-14(30)26-20(22)28-16(8)34/h3-6,9-12,17-18,31-32,35-38H,1-2H2,(H4-2,21,22,25,26,27,28,33,34)/p+2/t5-,6-,9-,10-,11-,12-,17-,18-/m1/s1. The molecule has 0 saturated carbocycles. The molecule has 8 atom stereocenters. The summed E-state index contributed by atoms with van der Waals surface area (Å²) in [5, 5.41) is 22.3. The Hall–Kier alpha value is -3.32. The van der Waals surface area contributed by atoms with Gasteiger partial charge in [-0.3, -0.25) is 28.7 Å². The van der Waals surface area contributed by atoms with Crippen molar-refractivity contribution < 1.29 is 57.4 Å². The number of aliphatic hydroxyl groups excluding tert-OH is 2. The highest BCUT2D eigenvalue weighted by atomic mass is 31.2. The van der Waals surface area contributed by atoms with Gasteiger partial charge in [-0.05, 0) is 0 Å². The maximum Gasteiger partial charge on any atom is 0.570 e. The second-order valence-corrected chi connectivity index (χ2v) is 13.3. The number of ether oxygens (including phenoxy) is 2. The van der Waals surface area contributed by atoms with Gasteiger partial charge in [0.05, 0.1) is 12.7 Å². The molecule has 3 aliphatic rings. The van der Waals surface area contributed by atoms with Gasteiger partial charge in [-0.15, -0.1) is 9.05 Å². The minimum absolute atomic E-state index is 0.0926. The molecular formula is C20H26N10O14P2+2. The predicted octanol–water partition coefficient (Wildman–Crippen LogP) is -3.92. The Morgan fingerprint density at radius 1 is 0.739 bits per heavy atom. The molecule has 3 fully saturated rings. The van der Waals surface area contributed by atoms with Crippen LogP contribution in [0.2, 0.25) is 0 Å². The van der Waals surface area contributed by atoms with E-state index in [0.717, 1.165) is 21.8 Å². The molecule has 0 amide bonds. The number of nitrogens with zero attached hydrogens (tertiary/aromatic N) is 6. The first-order valence-corrected chi connectivity index (χ1v) is 16.2. The van der Waals surface area contributed by atoms with Gasteiger partial charge in [0.15, 0.2) is 47.0 Å². The van der Waals surface area contributed by atoms with Crippen LogP contribution in [-0.2, 0) is 27.6 Å². The molecular weight excluding hydrogens is 666 g/mol. The molecule has 12 N–H and O–H groups in total. The first-order valence-electron chi connectivity index (χ1n) is 13.2. The van der Waals surface area contributed by atoms with Crippen molar-refractivity contribution in [1.82, 2.24) is 39.0 Å². The summed E-state index contributed by atoms with van der Waals surface area (Å²) < 4.78 is 35.1. The highest BCUT2D eigenvalue weighted by Gasteiger charge is 2.61. The summed E-state index contributed by atoms with van der Waals surface area (Å²) in [5.74, 6) is -0.525. The van der Waals surface area contributed by atoms with E-state index in [1.165, 1.54) is 0 Å². The van der Waals surface area contributed by atoms with Crippen molar-refractivity contribution in [1.29, 1.82) is 0 Å². The van der Waals surface area contributed by atoms with Gasteiger partial charge in [-0.25, -0.2) is 9.97 Å². The number of aromatic amines is 2. The van der Waals surface area contributed by atoms with Crippen LogP contribution >= 0.6 is 16.3 Å². The molecule has 7 rings (SSSR count). The number of hydrogen-bond acceptors (Lipinski definition) is 20. The quantitative estimate of drug-likeness (QED) is 0.0896. The van der Waals surface area contributed by atoms with E-state index >= 15 is 0 Å². The maximum absolute atomic E-state index is 12.2. The van der Waals surface area contributed by atoms with Crippen molar-refractivity contribution in [2.45, 2.75) is 49.1 Å². The average Bonchev–Trinajstić information content (AvgIpc) is 3.72. The Morgan fingerprint density at radius 2 is 1.13 bits per heavy atom. The van der Waals surface area contributed by atoms with E-state index in [4.69, 9.17) is 39.0 Å². The van der Waals surface area contributed by atoms with Gasteiger partial charge in [0.1, 0.15) is 37.6 Å². The lowest BCUT2D eigenvalue weighted by Crippen LogP contribution is -2.40. The summed E-state index contributed by atoms with van der Waals surface area (Å²) in [6.45, 7) is -1.56. The molecule has 248 valence electrons. The number of hydrogen-bond donors (Lipinski definition) is 10. The van der Waals surface area contributed by atoms with Crippen LogP contribution in [0, 0.1) is 0 Å². The molecule has 3 aliphatic heterocycles. The van der Waals surface area contributed by atoms with Crippen molar-refractivity contribution in [3.63, 3.8) is 0 Å². The largest absolute Gasteiger partial charge is 0.570 e. The molecule has 4 aromatic rings. The van der Waals surface area contributed by atoms with E-state index in [9.17, 15) is 39.4 Å². The first kappa shape index (κ1) is 31.3. The third-order valence-electron chi connectivity index (χ3n) is 7.40. The SMILES string of the molecule is Nc1nc2c(ncn2[C@@H]2O[C@@H]3CO[P+](O)(O)O[C@H]4[C@@H](O)[C@H](n5cnc6c(=O)[nH]c(N)nc65)O[C@@H]4CO[P+](O)(O)O[C@H]3[C@H]2O)c(=O)[nH]1. The molecule has 26 heteroatoms. The topological polar surface area (TPSA) is 356 Å². The van der Waals surface area contributed by atoms with Crippen LogP contribution in [0.5, 0.6) is 0 Å². The Balaban J connectivity index is 1.17. The molecule has 4 aromatic heterocycles. The van der Waals surface area contributed by atoms with E-state index in [1.807, 2.05) is 0 Å². The molecule has 46 heavy (non-hydrogen) atoms. The Kier molecular flexibility index (Phi) is 7.58. The second kappa shape index (κ2) is 11.1. The van der Waals surface area contributed by atoms with Crippen molar-refractivity contribution >= 4 is 50.6 Å². The molecule has 0 unspecified atom stereocenters. The summed E-state index contributed by atoms with van der Waals surface area (Å²) in [7, 11) is -9.67. The summed E-state index contributed by atoms with van der Waals surface area (Å²) in [6, 6.07) is 0. The van der Waals surface area contributed by atoms with Crippen LogP contribution in [0.3, 0.4) is 0 Å². The van der Waals surface area contributed by atoms with E-state index in [2.05, 4.69) is 29.9 Å².